The zero-order chi connectivity index (χ0) is 23.1. The van der Waals surface area contributed by atoms with Gasteiger partial charge in [-0.3, -0.25) is 20.0 Å². The number of carbonyl (C=O) groups is 2. The fraction of sp³-hybridized carbons (Fsp3) is 0.0909. The summed E-state index contributed by atoms with van der Waals surface area (Å²) in [5.74, 6) is -1.66. The molecule has 0 bridgehead atoms. The van der Waals surface area contributed by atoms with Crippen LogP contribution in [0.1, 0.15) is 27.6 Å². The highest BCUT2D eigenvalue weighted by molar-refractivity contribution is 7.91. The summed E-state index contributed by atoms with van der Waals surface area (Å²) in [6.07, 6.45) is 2.74. The molecule has 2 unspecified atom stereocenters. The molecule has 0 aliphatic rings. The molecule has 9 nitrogen and oxygen atoms in total. The molecule has 32 heavy (non-hydrogen) atoms. The summed E-state index contributed by atoms with van der Waals surface area (Å²) < 4.78 is 13.2. The number of hydrogen-bond acceptors (Lipinski definition) is 5. The molecule has 1 aromatic heterocycles. The molecule has 10 heteroatoms. The van der Waals surface area contributed by atoms with Gasteiger partial charge in [-0.15, -0.1) is 0 Å². The Morgan fingerprint density at radius 3 is 2.47 bits per heavy atom. The molecule has 1 amide bonds. The molecule has 1 heterocycles. The van der Waals surface area contributed by atoms with Crippen molar-refractivity contribution in [3.05, 3.63) is 84.2 Å². The standard InChI is InChI=1S/C22H21N5O4S/c23-22(24)27-16-8-6-14(7-9-16)21(30)26-17-4-1-5-18(11-17)32(31)19(12-20(28)29)15-3-2-10-25-13-15/h1-11,13,19H,12H2,(H,26,30)(H,28,29)(H4,23,24,27). The number of guanidine groups is 1. The molecule has 0 aliphatic carbocycles. The molecule has 3 aromatic rings. The molecule has 2 aromatic carbocycles. The number of hydrogen-bond donors (Lipinski definition) is 5. The number of pyridine rings is 1. The third kappa shape index (κ3) is 6.06. The first kappa shape index (κ1) is 22.8. The topological polar surface area (TPSA) is 164 Å². The highest BCUT2D eigenvalue weighted by Crippen LogP contribution is 2.32. The first-order chi connectivity index (χ1) is 15.3. The zero-order valence-corrected chi connectivity index (χ0v) is 17.6. The van der Waals surface area contributed by atoms with Crippen LogP contribution in [0, 0.1) is 5.41 Å². The van der Waals surface area contributed by atoms with Crippen LogP contribution in [-0.4, -0.2) is 32.5 Å². The van der Waals surface area contributed by atoms with Crippen molar-refractivity contribution in [1.82, 2.24) is 4.98 Å². The van der Waals surface area contributed by atoms with Crippen molar-refractivity contribution in [3.63, 3.8) is 0 Å². The van der Waals surface area contributed by atoms with Crippen LogP contribution in [-0.2, 0) is 16.0 Å². The highest BCUT2D eigenvalue weighted by Gasteiger charge is 2.30. The summed E-state index contributed by atoms with van der Waals surface area (Å²) in [4.78, 5) is 28.3. The molecule has 0 fully saturated rings. The molecule has 2 atom stereocenters. The number of nitrogens with two attached hydrogens (primary N) is 1. The van der Waals surface area contributed by atoms with E-state index in [4.69, 9.17) is 11.1 Å². The van der Waals surface area contributed by atoms with E-state index in [1.807, 2.05) is 0 Å². The third-order valence-corrected chi connectivity index (χ3v) is 6.10. The molecular weight excluding hydrogens is 430 g/mol. The van der Waals surface area contributed by atoms with Crippen LogP contribution in [0.3, 0.4) is 0 Å². The Kier molecular flexibility index (Phi) is 7.42. The summed E-state index contributed by atoms with van der Waals surface area (Å²) in [5.41, 5.74) is 7.22. The average Bonchev–Trinajstić information content (AvgIpc) is 2.77. The molecule has 6 N–H and O–H groups in total. The van der Waals surface area contributed by atoms with Gasteiger partial charge in [0.2, 0.25) is 0 Å². The fourth-order valence-corrected chi connectivity index (χ4v) is 4.43. The normalized spacial score (nSPS) is 12.4. The van der Waals surface area contributed by atoms with E-state index >= 15 is 0 Å². The lowest BCUT2D eigenvalue weighted by Crippen LogP contribution is -2.20. The Balaban J connectivity index is 1.77. The van der Waals surface area contributed by atoms with Crippen molar-refractivity contribution in [1.29, 1.82) is 5.41 Å². The van der Waals surface area contributed by atoms with Gasteiger partial charge in [0.05, 0.1) is 6.42 Å². The van der Waals surface area contributed by atoms with Gasteiger partial charge in [0, 0.05) is 41.0 Å². The van der Waals surface area contributed by atoms with Crippen molar-refractivity contribution >= 4 is 40.4 Å². The minimum atomic E-state index is -1.68. The number of nitrogens with zero attached hydrogens (tertiary/aromatic N) is 1. The van der Waals surface area contributed by atoms with Gasteiger partial charge in [0.1, 0.15) is 0 Å². The lowest BCUT2D eigenvalue weighted by molar-refractivity contribution is -0.137. The van der Waals surface area contributed by atoms with Crippen LogP contribution in [0.5, 0.6) is 0 Å². The summed E-state index contributed by atoms with van der Waals surface area (Å²) in [7, 11) is 0. The van der Waals surface area contributed by atoms with Gasteiger partial charge in [0.25, 0.3) is 5.91 Å². The molecule has 0 spiro atoms. The average molecular weight is 452 g/mol. The van der Waals surface area contributed by atoms with Crippen LogP contribution in [0.25, 0.3) is 0 Å². The predicted octanol–water partition coefficient (Wildman–Crippen LogP) is 2.96. The Labute approximate surface area is 187 Å². The number of anilines is 2. The zero-order valence-electron chi connectivity index (χ0n) is 16.8. The number of carbonyl (C=O) groups excluding carboxylic acids is 1. The van der Waals surface area contributed by atoms with Crippen LogP contribution in [0.15, 0.2) is 78.0 Å². The maximum Gasteiger partial charge on any atom is 0.308 e. The van der Waals surface area contributed by atoms with Gasteiger partial charge in [-0.25, -0.2) is 0 Å². The van der Waals surface area contributed by atoms with Crippen molar-refractivity contribution < 1.29 is 19.2 Å². The van der Waals surface area contributed by atoms with E-state index in [1.54, 1.807) is 66.9 Å². The van der Waals surface area contributed by atoms with E-state index in [2.05, 4.69) is 15.6 Å². The number of nitrogens with one attached hydrogen (secondary N) is 3. The lowest BCUT2D eigenvalue weighted by Gasteiger charge is -2.20. The van der Waals surface area contributed by atoms with Crippen LogP contribution >= 0.6 is 0 Å². The quantitative estimate of drug-likeness (QED) is 0.199. The lowest BCUT2D eigenvalue weighted by atomic mass is 10.1. The van der Waals surface area contributed by atoms with Gasteiger partial charge >= 0.3 is 5.97 Å². The Morgan fingerprint density at radius 1 is 1.09 bits per heavy atom. The van der Waals surface area contributed by atoms with E-state index in [1.165, 1.54) is 6.20 Å². The molecule has 0 aliphatic heterocycles. The van der Waals surface area contributed by atoms with Crippen molar-refractivity contribution in [2.75, 3.05) is 10.6 Å². The maximum atomic E-state index is 13.2. The monoisotopic (exact) mass is 451 g/mol. The van der Waals surface area contributed by atoms with Gasteiger partial charge in [-0.05, 0) is 53.6 Å². The first-order valence-corrected chi connectivity index (χ1v) is 10.7. The largest absolute Gasteiger partial charge is 0.611 e. The highest BCUT2D eigenvalue weighted by atomic mass is 32.2. The van der Waals surface area contributed by atoms with Crippen LogP contribution in [0.2, 0.25) is 0 Å². The number of benzene rings is 2. The first-order valence-electron chi connectivity index (χ1n) is 9.48. The van der Waals surface area contributed by atoms with Crippen LogP contribution < -0.4 is 16.4 Å². The van der Waals surface area contributed by atoms with Crippen molar-refractivity contribution in [3.8, 4) is 0 Å². The second kappa shape index (κ2) is 10.4. The molecule has 164 valence electrons. The number of carboxylic acid groups (broad SMARTS) is 1. The molecule has 0 saturated heterocycles. The molecular formula is C22H21N5O4S. The van der Waals surface area contributed by atoms with Crippen LogP contribution in [0.4, 0.5) is 11.4 Å². The van der Waals surface area contributed by atoms with E-state index in [-0.39, 0.29) is 18.3 Å². The molecule has 0 radical (unpaired) electrons. The number of amides is 1. The van der Waals surface area contributed by atoms with Gasteiger partial charge in [-0.1, -0.05) is 12.1 Å². The third-order valence-electron chi connectivity index (χ3n) is 4.42. The van der Waals surface area contributed by atoms with Gasteiger partial charge < -0.3 is 26.0 Å². The van der Waals surface area contributed by atoms with Gasteiger partial charge in [-0.2, -0.15) is 0 Å². The second-order valence-electron chi connectivity index (χ2n) is 6.77. The van der Waals surface area contributed by atoms with Gasteiger partial charge in [0.15, 0.2) is 16.1 Å². The van der Waals surface area contributed by atoms with E-state index < -0.39 is 22.4 Å². The number of aliphatic carboxylic acids is 1. The summed E-state index contributed by atoms with van der Waals surface area (Å²) in [5, 5.41) is 21.1. The second-order valence-corrected chi connectivity index (χ2v) is 8.40. The van der Waals surface area contributed by atoms with E-state index in [9.17, 15) is 19.2 Å². The number of aromatic nitrogens is 1. The number of rotatable bonds is 8. The number of carboxylic acids is 1. The predicted molar refractivity (Wildman–Crippen MR) is 122 cm³/mol. The summed E-state index contributed by atoms with van der Waals surface area (Å²) in [6.45, 7) is 0. The van der Waals surface area contributed by atoms with Crippen molar-refractivity contribution in [2.24, 2.45) is 5.73 Å². The SMILES string of the molecule is N=C(N)Nc1ccc(C(=O)Nc2cccc([S+]([O-])C(CC(=O)O)c3cccnc3)c2)cc1. The van der Waals surface area contributed by atoms with E-state index in [0.29, 0.717) is 27.4 Å². The Hall–Kier alpha value is -3.89. The Bertz CT molecular complexity index is 1110. The van der Waals surface area contributed by atoms with E-state index in [0.717, 1.165) is 0 Å². The minimum absolute atomic E-state index is 0.209. The summed E-state index contributed by atoms with van der Waals surface area (Å²) in [6, 6.07) is 16.2. The molecule has 0 saturated carbocycles. The minimum Gasteiger partial charge on any atom is -0.611 e. The molecule has 3 rings (SSSR count). The summed E-state index contributed by atoms with van der Waals surface area (Å²) >= 11 is -1.68. The smallest absolute Gasteiger partial charge is 0.308 e. The van der Waals surface area contributed by atoms with Crippen molar-refractivity contribution in [2.45, 2.75) is 16.6 Å². The fourth-order valence-electron chi connectivity index (χ4n) is 2.97. The maximum absolute atomic E-state index is 13.2. The Morgan fingerprint density at radius 2 is 1.84 bits per heavy atom.